The number of benzene rings is 2. The summed E-state index contributed by atoms with van der Waals surface area (Å²) in [5, 5.41) is 4.05. The zero-order valence-electron chi connectivity index (χ0n) is 16.4. The molecule has 0 saturated carbocycles. The Morgan fingerprint density at radius 2 is 1.77 bits per heavy atom. The lowest BCUT2D eigenvalue weighted by Gasteiger charge is -2.44. The van der Waals surface area contributed by atoms with Crippen LogP contribution < -0.4 is 0 Å². The minimum atomic E-state index is -0.575. The number of carbonyl (C=O) groups is 2. The van der Waals surface area contributed by atoms with Gasteiger partial charge in [-0.3, -0.25) is 9.69 Å². The maximum absolute atomic E-state index is 13.2. The molecule has 0 N–H and O–H groups in total. The van der Waals surface area contributed by atoms with Gasteiger partial charge in [-0.25, -0.2) is 4.79 Å². The van der Waals surface area contributed by atoms with Crippen molar-refractivity contribution < 1.29 is 18.8 Å². The van der Waals surface area contributed by atoms with Crippen molar-refractivity contribution >= 4 is 12.0 Å². The predicted octanol–water partition coefficient (Wildman–Crippen LogP) is 3.23. The highest BCUT2D eigenvalue weighted by molar-refractivity contribution is 5.92. The number of carbonyl (C=O) groups excluding carboxylic acids is 2. The molecule has 1 unspecified atom stereocenters. The number of cyclic esters (lactones) is 1. The first-order valence-corrected chi connectivity index (χ1v) is 9.94. The number of nitrogens with zero attached hydrogens (tertiary/aromatic N) is 3. The van der Waals surface area contributed by atoms with Gasteiger partial charge in [-0.15, -0.1) is 0 Å². The average Bonchev–Trinajstić information content (AvgIpc) is 3.40. The summed E-state index contributed by atoms with van der Waals surface area (Å²) in [5.41, 5.74) is 2.03. The number of amides is 2. The largest absolute Gasteiger partial charge is 0.447 e. The van der Waals surface area contributed by atoms with Crippen LogP contribution >= 0.6 is 0 Å². The number of hydrogen-bond donors (Lipinski definition) is 0. The van der Waals surface area contributed by atoms with E-state index in [1.54, 1.807) is 15.9 Å². The predicted molar refractivity (Wildman–Crippen MR) is 109 cm³/mol. The van der Waals surface area contributed by atoms with Gasteiger partial charge in [0.1, 0.15) is 17.8 Å². The van der Waals surface area contributed by atoms with Crippen molar-refractivity contribution in [1.29, 1.82) is 0 Å². The number of rotatable bonds is 4. The second kappa shape index (κ2) is 7.33. The lowest BCUT2D eigenvalue weighted by atomic mass is 9.88. The molecule has 2 fully saturated rings. The highest BCUT2D eigenvalue weighted by Crippen LogP contribution is 2.33. The Morgan fingerprint density at radius 3 is 2.53 bits per heavy atom. The summed E-state index contributed by atoms with van der Waals surface area (Å²) in [4.78, 5) is 28.9. The normalized spacial score (nSPS) is 20.7. The third-order valence-corrected chi connectivity index (χ3v) is 5.79. The summed E-state index contributed by atoms with van der Waals surface area (Å²) in [6.45, 7) is 1.49. The van der Waals surface area contributed by atoms with E-state index in [4.69, 9.17) is 9.26 Å². The molecule has 7 heteroatoms. The van der Waals surface area contributed by atoms with Crippen LogP contribution in [-0.2, 0) is 11.2 Å². The summed E-state index contributed by atoms with van der Waals surface area (Å²) in [7, 11) is 0. The van der Waals surface area contributed by atoms with E-state index in [2.05, 4.69) is 5.16 Å². The fourth-order valence-corrected chi connectivity index (χ4v) is 4.29. The molecule has 1 aromatic heterocycles. The fraction of sp³-hybridized carbons (Fsp3) is 0.261. The van der Waals surface area contributed by atoms with Crippen LogP contribution in [0.4, 0.5) is 4.79 Å². The molecule has 0 radical (unpaired) electrons. The maximum atomic E-state index is 13.2. The molecule has 0 spiro atoms. The standard InChI is InChI=1S/C23H21N3O4/c27-21(20-13-19(24-30-20)18-9-5-2-6-10-18)25-11-12-26-22(28)29-16-23(26,15-25)14-17-7-3-1-4-8-17/h1-10,13H,11-12,14-16H2. The van der Waals surface area contributed by atoms with Crippen molar-refractivity contribution in [3.63, 3.8) is 0 Å². The molecule has 5 rings (SSSR count). The zero-order chi connectivity index (χ0) is 20.6. The van der Waals surface area contributed by atoms with Crippen LogP contribution in [0.5, 0.6) is 0 Å². The zero-order valence-corrected chi connectivity index (χ0v) is 16.4. The van der Waals surface area contributed by atoms with Gasteiger partial charge in [0.15, 0.2) is 0 Å². The summed E-state index contributed by atoms with van der Waals surface area (Å²) in [5.74, 6) is -0.0291. The van der Waals surface area contributed by atoms with Crippen molar-refractivity contribution in [3.8, 4) is 11.3 Å². The minimum absolute atomic E-state index is 0.197. The Kier molecular flexibility index (Phi) is 4.50. The molecule has 2 aromatic carbocycles. The van der Waals surface area contributed by atoms with Gasteiger partial charge in [0, 0.05) is 37.7 Å². The first-order chi connectivity index (χ1) is 14.6. The first kappa shape index (κ1) is 18.4. The van der Waals surface area contributed by atoms with Crippen molar-refractivity contribution in [1.82, 2.24) is 15.0 Å². The Labute approximate surface area is 173 Å². The van der Waals surface area contributed by atoms with E-state index in [9.17, 15) is 9.59 Å². The van der Waals surface area contributed by atoms with Crippen LogP contribution in [0.1, 0.15) is 16.1 Å². The first-order valence-electron chi connectivity index (χ1n) is 9.94. The number of ether oxygens (including phenoxy) is 1. The van der Waals surface area contributed by atoms with Gasteiger partial charge < -0.3 is 14.2 Å². The van der Waals surface area contributed by atoms with Crippen LogP contribution in [0.2, 0.25) is 0 Å². The molecule has 0 aliphatic carbocycles. The van der Waals surface area contributed by atoms with E-state index in [1.165, 1.54) is 0 Å². The van der Waals surface area contributed by atoms with E-state index in [0.717, 1.165) is 11.1 Å². The Bertz CT molecular complexity index is 1070. The van der Waals surface area contributed by atoms with Gasteiger partial charge in [0.2, 0.25) is 5.76 Å². The van der Waals surface area contributed by atoms with E-state index in [1.807, 2.05) is 60.7 Å². The van der Waals surface area contributed by atoms with Gasteiger partial charge in [-0.2, -0.15) is 0 Å². The fourth-order valence-electron chi connectivity index (χ4n) is 4.29. The number of hydrogen-bond acceptors (Lipinski definition) is 5. The summed E-state index contributed by atoms with van der Waals surface area (Å²) in [6.07, 6.45) is 0.304. The average molecular weight is 403 g/mol. The maximum Gasteiger partial charge on any atom is 0.410 e. The van der Waals surface area contributed by atoms with E-state index < -0.39 is 5.54 Å². The molecule has 2 aliphatic rings. The molecule has 3 aromatic rings. The smallest absolute Gasteiger partial charge is 0.410 e. The summed E-state index contributed by atoms with van der Waals surface area (Å²) < 4.78 is 10.7. The van der Waals surface area contributed by atoms with Crippen LogP contribution in [0.15, 0.2) is 71.3 Å². The molecule has 30 heavy (non-hydrogen) atoms. The molecule has 3 heterocycles. The van der Waals surface area contributed by atoms with Crippen LogP contribution in [-0.4, -0.2) is 58.7 Å². The van der Waals surface area contributed by atoms with Gasteiger partial charge in [0.05, 0.1) is 0 Å². The van der Waals surface area contributed by atoms with Crippen molar-refractivity contribution in [2.45, 2.75) is 12.0 Å². The third kappa shape index (κ3) is 3.22. The summed E-state index contributed by atoms with van der Waals surface area (Å²) >= 11 is 0. The number of piperazine rings is 1. The highest BCUT2D eigenvalue weighted by Gasteiger charge is 2.51. The molecular weight excluding hydrogens is 382 g/mol. The molecule has 152 valence electrons. The van der Waals surface area contributed by atoms with Gasteiger partial charge in [-0.1, -0.05) is 65.8 Å². The summed E-state index contributed by atoms with van der Waals surface area (Å²) in [6, 6.07) is 21.2. The monoisotopic (exact) mass is 403 g/mol. The van der Waals surface area contributed by atoms with Crippen LogP contribution in [0, 0.1) is 0 Å². The highest BCUT2D eigenvalue weighted by atomic mass is 16.6. The van der Waals surface area contributed by atoms with Crippen molar-refractivity contribution in [3.05, 3.63) is 78.1 Å². The second-order valence-electron chi connectivity index (χ2n) is 7.76. The Morgan fingerprint density at radius 1 is 1.03 bits per heavy atom. The molecule has 7 nitrogen and oxygen atoms in total. The quantitative estimate of drug-likeness (QED) is 0.669. The van der Waals surface area contributed by atoms with Gasteiger partial charge in [-0.05, 0) is 5.56 Å². The number of fused-ring (bicyclic) bond motifs is 1. The third-order valence-electron chi connectivity index (χ3n) is 5.79. The Balaban J connectivity index is 1.39. The Hall–Kier alpha value is -3.61. The molecule has 1 atom stereocenters. The lowest BCUT2D eigenvalue weighted by molar-refractivity contribution is 0.0346. The van der Waals surface area contributed by atoms with Gasteiger partial charge in [0.25, 0.3) is 5.91 Å². The lowest BCUT2D eigenvalue weighted by Crippen LogP contribution is -2.63. The number of aromatic nitrogens is 1. The minimum Gasteiger partial charge on any atom is -0.447 e. The van der Waals surface area contributed by atoms with Crippen molar-refractivity contribution in [2.24, 2.45) is 0 Å². The van der Waals surface area contributed by atoms with E-state index in [-0.39, 0.29) is 24.4 Å². The van der Waals surface area contributed by atoms with Crippen molar-refractivity contribution in [2.75, 3.05) is 26.2 Å². The van der Waals surface area contributed by atoms with E-state index in [0.29, 0.717) is 31.7 Å². The van der Waals surface area contributed by atoms with Gasteiger partial charge >= 0.3 is 6.09 Å². The topological polar surface area (TPSA) is 75.9 Å². The second-order valence-corrected chi connectivity index (χ2v) is 7.76. The van der Waals surface area contributed by atoms with Crippen LogP contribution in [0.25, 0.3) is 11.3 Å². The molecule has 0 bridgehead atoms. The van der Waals surface area contributed by atoms with Crippen LogP contribution in [0.3, 0.4) is 0 Å². The molecular formula is C23H21N3O4. The molecule has 2 amide bonds. The molecule has 2 aliphatic heterocycles. The molecule has 2 saturated heterocycles. The van der Waals surface area contributed by atoms with E-state index >= 15 is 0 Å². The SMILES string of the molecule is O=C(c1cc(-c2ccccc2)no1)N1CCN2C(=O)OCC2(Cc2ccccc2)C1.